The first kappa shape index (κ1) is 13.4. The van der Waals surface area contributed by atoms with Crippen LogP contribution in [0.2, 0.25) is 0 Å². The molecule has 0 amide bonds. The lowest BCUT2D eigenvalue weighted by molar-refractivity contribution is 0.604. The van der Waals surface area contributed by atoms with Crippen LogP contribution in [-0.2, 0) is 9.84 Å². The minimum Gasteiger partial charge on any atom is -0.398 e. The van der Waals surface area contributed by atoms with Gasteiger partial charge in [-0.25, -0.2) is 8.42 Å². The average Bonchev–Trinajstić information content (AvgIpc) is 2.40. The van der Waals surface area contributed by atoms with Crippen molar-refractivity contribution in [2.45, 2.75) is 11.8 Å². The second kappa shape index (κ2) is 5.28. The Balaban J connectivity index is 2.39. The summed E-state index contributed by atoms with van der Waals surface area (Å²) in [5.74, 6) is 0. The van der Waals surface area contributed by atoms with E-state index in [1.54, 1.807) is 36.4 Å². The van der Waals surface area contributed by atoms with E-state index in [0.717, 1.165) is 11.0 Å². The second-order valence-electron chi connectivity index (χ2n) is 4.30. The molecule has 0 radical (unpaired) electrons. The van der Waals surface area contributed by atoms with Crippen LogP contribution in [0, 0.1) is 6.92 Å². The van der Waals surface area contributed by atoms with E-state index in [1.807, 2.05) is 25.1 Å². The third-order valence-corrected chi connectivity index (χ3v) is 4.23. The van der Waals surface area contributed by atoms with Crippen LogP contribution in [0.25, 0.3) is 5.70 Å². The van der Waals surface area contributed by atoms with Gasteiger partial charge in [-0.2, -0.15) is 0 Å². The fraction of sp³-hybridized carbons (Fsp3) is 0.0667. The van der Waals surface area contributed by atoms with Crippen LogP contribution in [0.1, 0.15) is 11.1 Å². The molecule has 0 atom stereocenters. The van der Waals surface area contributed by atoms with Crippen LogP contribution in [0.4, 0.5) is 0 Å². The van der Waals surface area contributed by atoms with Crippen molar-refractivity contribution in [3.05, 3.63) is 71.1 Å². The SMILES string of the molecule is Cc1ccc(S(=O)(=O)/C=C(\N)c2ccccc2)cc1. The Kier molecular flexibility index (Phi) is 3.71. The molecule has 0 saturated heterocycles. The standard InChI is InChI=1S/C15H15NO2S/c1-12-7-9-14(10-8-12)19(17,18)11-15(16)13-5-3-2-4-6-13/h2-11H,16H2,1H3/b15-11-. The van der Waals surface area contributed by atoms with E-state index in [4.69, 9.17) is 5.73 Å². The van der Waals surface area contributed by atoms with Gasteiger partial charge in [0.2, 0.25) is 9.84 Å². The number of aryl methyl sites for hydroxylation is 1. The number of benzene rings is 2. The Labute approximate surface area is 113 Å². The normalized spacial score (nSPS) is 12.4. The molecular weight excluding hydrogens is 258 g/mol. The summed E-state index contributed by atoms with van der Waals surface area (Å²) in [5.41, 5.74) is 7.77. The predicted octanol–water partition coefficient (Wildman–Crippen LogP) is 2.73. The lowest BCUT2D eigenvalue weighted by Crippen LogP contribution is -2.03. The van der Waals surface area contributed by atoms with Crippen molar-refractivity contribution < 1.29 is 8.42 Å². The highest BCUT2D eigenvalue weighted by atomic mass is 32.2. The van der Waals surface area contributed by atoms with Gasteiger partial charge in [-0.15, -0.1) is 0 Å². The molecule has 0 heterocycles. The average molecular weight is 273 g/mol. The molecule has 2 aromatic carbocycles. The van der Waals surface area contributed by atoms with Gasteiger partial charge in [-0.1, -0.05) is 48.0 Å². The highest BCUT2D eigenvalue weighted by molar-refractivity contribution is 7.94. The van der Waals surface area contributed by atoms with Crippen molar-refractivity contribution in [3.63, 3.8) is 0 Å². The van der Waals surface area contributed by atoms with Crippen molar-refractivity contribution in [1.29, 1.82) is 0 Å². The van der Waals surface area contributed by atoms with E-state index in [2.05, 4.69) is 0 Å². The fourth-order valence-electron chi connectivity index (χ4n) is 1.66. The molecule has 0 aliphatic carbocycles. The predicted molar refractivity (Wildman–Crippen MR) is 77.0 cm³/mol. The third-order valence-electron chi connectivity index (χ3n) is 2.74. The van der Waals surface area contributed by atoms with Crippen LogP contribution in [0.15, 0.2) is 64.9 Å². The summed E-state index contributed by atoms with van der Waals surface area (Å²) in [5, 5.41) is 1.10. The fourth-order valence-corrected chi connectivity index (χ4v) is 2.78. The number of nitrogens with two attached hydrogens (primary N) is 1. The van der Waals surface area contributed by atoms with Gasteiger partial charge in [0, 0.05) is 0 Å². The summed E-state index contributed by atoms with van der Waals surface area (Å²) in [6.07, 6.45) is 0. The van der Waals surface area contributed by atoms with Gasteiger partial charge in [0.25, 0.3) is 0 Å². The molecule has 0 unspecified atom stereocenters. The largest absolute Gasteiger partial charge is 0.398 e. The van der Waals surface area contributed by atoms with Crippen LogP contribution >= 0.6 is 0 Å². The maximum atomic E-state index is 12.2. The van der Waals surface area contributed by atoms with Crippen LogP contribution < -0.4 is 5.73 Å². The molecule has 0 saturated carbocycles. The Hall–Kier alpha value is -2.07. The number of sulfone groups is 1. The van der Waals surface area contributed by atoms with Crippen LogP contribution in [0.3, 0.4) is 0 Å². The summed E-state index contributed by atoms with van der Waals surface area (Å²) >= 11 is 0. The molecule has 0 aromatic heterocycles. The van der Waals surface area contributed by atoms with Gasteiger partial charge >= 0.3 is 0 Å². The molecule has 2 rings (SSSR count). The number of hydrogen-bond donors (Lipinski definition) is 1. The van der Waals surface area contributed by atoms with Crippen molar-refractivity contribution in [2.24, 2.45) is 5.73 Å². The van der Waals surface area contributed by atoms with Gasteiger partial charge < -0.3 is 5.73 Å². The maximum absolute atomic E-state index is 12.2. The Bertz CT molecular complexity index is 687. The molecule has 2 N–H and O–H groups in total. The zero-order valence-electron chi connectivity index (χ0n) is 10.6. The molecule has 4 heteroatoms. The molecule has 19 heavy (non-hydrogen) atoms. The van der Waals surface area contributed by atoms with Gasteiger partial charge in [-0.05, 0) is 24.6 Å². The minimum atomic E-state index is -3.51. The molecule has 0 aliphatic rings. The Morgan fingerprint density at radius 3 is 2.16 bits per heavy atom. The zero-order chi connectivity index (χ0) is 13.9. The summed E-state index contributed by atoms with van der Waals surface area (Å²) in [6, 6.07) is 15.7. The number of hydrogen-bond acceptors (Lipinski definition) is 3. The van der Waals surface area contributed by atoms with E-state index in [1.165, 1.54) is 0 Å². The highest BCUT2D eigenvalue weighted by Crippen LogP contribution is 2.17. The van der Waals surface area contributed by atoms with E-state index < -0.39 is 9.84 Å². The lowest BCUT2D eigenvalue weighted by atomic mass is 10.2. The van der Waals surface area contributed by atoms with Crippen molar-refractivity contribution in [3.8, 4) is 0 Å². The van der Waals surface area contributed by atoms with E-state index in [9.17, 15) is 8.42 Å². The van der Waals surface area contributed by atoms with Crippen molar-refractivity contribution in [2.75, 3.05) is 0 Å². The van der Waals surface area contributed by atoms with Crippen molar-refractivity contribution in [1.82, 2.24) is 0 Å². The smallest absolute Gasteiger partial charge is 0.201 e. The quantitative estimate of drug-likeness (QED) is 0.935. The first-order valence-electron chi connectivity index (χ1n) is 5.83. The highest BCUT2D eigenvalue weighted by Gasteiger charge is 2.12. The van der Waals surface area contributed by atoms with Crippen molar-refractivity contribution >= 4 is 15.5 Å². The summed E-state index contributed by atoms with van der Waals surface area (Å²) in [7, 11) is -3.51. The van der Waals surface area contributed by atoms with E-state index in [-0.39, 0.29) is 10.6 Å². The summed E-state index contributed by atoms with van der Waals surface area (Å²) in [6.45, 7) is 1.91. The van der Waals surface area contributed by atoms with Crippen LogP contribution in [-0.4, -0.2) is 8.42 Å². The summed E-state index contributed by atoms with van der Waals surface area (Å²) < 4.78 is 24.3. The molecule has 2 aromatic rings. The minimum absolute atomic E-state index is 0.237. The second-order valence-corrected chi connectivity index (χ2v) is 6.09. The molecule has 0 fully saturated rings. The van der Waals surface area contributed by atoms with E-state index >= 15 is 0 Å². The topological polar surface area (TPSA) is 60.2 Å². The maximum Gasteiger partial charge on any atom is 0.201 e. The van der Waals surface area contributed by atoms with Gasteiger partial charge in [-0.3, -0.25) is 0 Å². The first-order chi connectivity index (χ1) is 8.99. The van der Waals surface area contributed by atoms with Gasteiger partial charge in [0.1, 0.15) is 0 Å². The lowest BCUT2D eigenvalue weighted by Gasteiger charge is -2.03. The molecule has 0 spiro atoms. The zero-order valence-corrected chi connectivity index (χ0v) is 11.4. The Morgan fingerprint density at radius 2 is 1.58 bits per heavy atom. The van der Waals surface area contributed by atoms with Gasteiger partial charge in [0.15, 0.2) is 0 Å². The van der Waals surface area contributed by atoms with Gasteiger partial charge in [0.05, 0.1) is 16.0 Å². The monoisotopic (exact) mass is 273 g/mol. The third kappa shape index (κ3) is 3.23. The summed E-state index contributed by atoms with van der Waals surface area (Å²) in [4.78, 5) is 0.247. The molecule has 98 valence electrons. The van der Waals surface area contributed by atoms with E-state index in [0.29, 0.717) is 5.56 Å². The molecular formula is C15H15NO2S. The Morgan fingerprint density at radius 1 is 1.00 bits per heavy atom. The first-order valence-corrected chi connectivity index (χ1v) is 7.38. The number of rotatable bonds is 3. The molecule has 0 aliphatic heterocycles. The molecule has 0 bridgehead atoms. The molecule has 3 nitrogen and oxygen atoms in total. The van der Waals surface area contributed by atoms with Crippen LogP contribution in [0.5, 0.6) is 0 Å².